The van der Waals surface area contributed by atoms with E-state index in [0.29, 0.717) is 6.04 Å². The molecule has 2 aromatic rings. The van der Waals surface area contributed by atoms with Gasteiger partial charge in [-0.3, -0.25) is 10.3 Å². The lowest BCUT2D eigenvalue weighted by molar-refractivity contribution is 0.271. The summed E-state index contributed by atoms with van der Waals surface area (Å²) in [6.45, 7) is 4.28. The first kappa shape index (κ1) is 9.98. The highest BCUT2D eigenvalue weighted by molar-refractivity contribution is 5.79. The normalized spacial score (nSPS) is 11.2. The van der Waals surface area contributed by atoms with Crippen LogP contribution in [-0.4, -0.2) is 16.7 Å². The van der Waals surface area contributed by atoms with Gasteiger partial charge < -0.3 is 4.57 Å². The van der Waals surface area contributed by atoms with Gasteiger partial charge >= 0.3 is 0 Å². The van der Waals surface area contributed by atoms with Crippen molar-refractivity contribution >= 4 is 16.7 Å². The van der Waals surface area contributed by atoms with Gasteiger partial charge in [0.15, 0.2) is 0 Å². The van der Waals surface area contributed by atoms with Gasteiger partial charge in [0.05, 0.1) is 30.2 Å². The van der Waals surface area contributed by atoms with Crippen LogP contribution < -0.4 is 5.48 Å². The molecule has 0 aliphatic rings. The fourth-order valence-electron chi connectivity index (χ4n) is 1.62. The zero-order valence-electron chi connectivity index (χ0n) is 9.19. The standard InChI is InChI=1S/C11H15N3O/c1-8(2)14-7-12-10-6-9(13-15-3)4-5-11(10)14/h4-8,13H,1-3H3. The molecule has 4 nitrogen and oxygen atoms in total. The molecule has 0 unspecified atom stereocenters. The smallest absolute Gasteiger partial charge is 0.0960 e. The van der Waals surface area contributed by atoms with Crippen molar-refractivity contribution in [1.29, 1.82) is 0 Å². The Labute approximate surface area is 88.8 Å². The average molecular weight is 205 g/mol. The summed E-state index contributed by atoms with van der Waals surface area (Å²) in [5.74, 6) is 0. The summed E-state index contributed by atoms with van der Waals surface area (Å²) in [6, 6.07) is 6.42. The molecule has 1 N–H and O–H groups in total. The molecule has 0 radical (unpaired) electrons. The minimum Gasteiger partial charge on any atom is -0.328 e. The summed E-state index contributed by atoms with van der Waals surface area (Å²) in [5, 5.41) is 0. The van der Waals surface area contributed by atoms with Gasteiger partial charge in [-0.2, -0.15) is 0 Å². The second-order valence-electron chi connectivity index (χ2n) is 3.76. The monoisotopic (exact) mass is 205 g/mol. The summed E-state index contributed by atoms with van der Waals surface area (Å²) in [6.07, 6.45) is 1.87. The Morgan fingerprint density at radius 3 is 2.87 bits per heavy atom. The fourth-order valence-corrected chi connectivity index (χ4v) is 1.62. The molecule has 0 atom stereocenters. The molecule has 1 aromatic carbocycles. The summed E-state index contributed by atoms with van der Waals surface area (Å²) in [4.78, 5) is 9.20. The molecule has 0 amide bonds. The fraction of sp³-hybridized carbons (Fsp3) is 0.364. The third-order valence-electron chi connectivity index (χ3n) is 2.35. The Morgan fingerprint density at radius 1 is 1.40 bits per heavy atom. The molecule has 0 saturated heterocycles. The number of benzene rings is 1. The number of hydrogen-bond acceptors (Lipinski definition) is 3. The number of aromatic nitrogens is 2. The molecule has 1 aromatic heterocycles. The molecule has 1 heterocycles. The second kappa shape index (κ2) is 3.90. The van der Waals surface area contributed by atoms with Crippen molar-refractivity contribution in [2.75, 3.05) is 12.6 Å². The Bertz CT molecular complexity index is 462. The van der Waals surface area contributed by atoms with Crippen molar-refractivity contribution in [3.8, 4) is 0 Å². The number of fused-ring (bicyclic) bond motifs is 1. The van der Waals surface area contributed by atoms with E-state index in [-0.39, 0.29) is 0 Å². The number of hydrogen-bond donors (Lipinski definition) is 1. The predicted octanol–water partition coefficient (Wildman–Crippen LogP) is 2.59. The molecule has 0 spiro atoms. The maximum absolute atomic E-state index is 4.85. The molecule has 0 saturated carbocycles. The van der Waals surface area contributed by atoms with Crippen molar-refractivity contribution in [1.82, 2.24) is 9.55 Å². The van der Waals surface area contributed by atoms with Gasteiger partial charge in [0.2, 0.25) is 0 Å². The van der Waals surface area contributed by atoms with Gasteiger partial charge in [-0.1, -0.05) is 0 Å². The summed E-state index contributed by atoms with van der Waals surface area (Å²) >= 11 is 0. The van der Waals surface area contributed by atoms with Crippen molar-refractivity contribution in [2.45, 2.75) is 19.9 Å². The first-order valence-corrected chi connectivity index (χ1v) is 4.98. The van der Waals surface area contributed by atoms with Crippen molar-refractivity contribution in [3.05, 3.63) is 24.5 Å². The molecule has 4 heteroatoms. The highest BCUT2D eigenvalue weighted by Gasteiger charge is 2.05. The van der Waals surface area contributed by atoms with Crippen LogP contribution in [-0.2, 0) is 4.84 Å². The maximum Gasteiger partial charge on any atom is 0.0960 e. The predicted molar refractivity (Wildman–Crippen MR) is 60.7 cm³/mol. The maximum atomic E-state index is 4.85. The van der Waals surface area contributed by atoms with Gasteiger partial charge in [-0.15, -0.1) is 0 Å². The van der Waals surface area contributed by atoms with E-state index in [2.05, 4.69) is 28.9 Å². The molecule has 80 valence electrons. The molecule has 2 rings (SSSR count). The molecular formula is C11H15N3O. The van der Waals surface area contributed by atoms with Gasteiger partial charge in [0, 0.05) is 6.04 Å². The van der Waals surface area contributed by atoms with Gasteiger partial charge in [0.1, 0.15) is 0 Å². The van der Waals surface area contributed by atoms with E-state index in [4.69, 9.17) is 4.84 Å². The third-order valence-corrected chi connectivity index (χ3v) is 2.35. The zero-order chi connectivity index (χ0) is 10.8. The minimum absolute atomic E-state index is 0.427. The number of rotatable bonds is 3. The molecule has 0 bridgehead atoms. The van der Waals surface area contributed by atoms with Gasteiger partial charge in [-0.05, 0) is 32.0 Å². The van der Waals surface area contributed by atoms with E-state index in [1.165, 1.54) is 0 Å². The largest absolute Gasteiger partial charge is 0.328 e. The molecule has 0 aliphatic heterocycles. The highest BCUT2D eigenvalue weighted by atomic mass is 16.6. The van der Waals surface area contributed by atoms with Gasteiger partial charge in [-0.25, -0.2) is 4.98 Å². The summed E-state index contributed by atoms with van der Waals surface area (Å²) < 4.78 is 2.14. The molecule has 0 aliphatic carbocycles. The van der Waals surface area contributed by atoms with Crippen LogP contribution >= 0.6 is 0 Å². The van der Waals surface area contributed by atoms with E-state index in [9.17, 15) is 0 Å². The van der Waals surface area contributed by atoms with Crippen LogP contribution in [0.4, 0.5) is 5.69 Å². The Morgan fingerprint density at radius 2 is 2.20 bits per heavy atom. The average Bonchev–Trinajstić information content (AvgIpc) is 2.61. The quantitative estimate of drug-likeness (QED) is 0.783. The van der Waals surface area contributed by atoms with Crippen LogP contribution in [0, 0.1) is 0 Å². The van der Waals surface area contributed by atoms with E-state index in [1.54, 1.807) is 7.11 Å². The Hall–Kier alpha value is -1.55. The molecule has 0 fully saturated rings. The first-order chi connectivity index (χ1) is 7.22. The lowest BCUT2D eigenvalue weighted by Gasteiger charge is -2.08. The van der Waals surface area contributed by atoms with Crippen LogP contribution in [0.15, 0.2) is 24.5 Å². The number of nitrogens with zero attached hydrogens (tertiary/aromatic N) is 2. The number of anilines is 1. The van der Waals surface area contributed by atoms with Crippen LogP contribution in [0.5, 0.6) is 0 Å². The zero-order valence-corrected chi connectivity index (χ0v) is 9.19. The van der Waals surface area contributed by atoms with Crippen LogP contribution in [0.25, 0.3) is 11.0 Å². The molecular weight excluding hydrogens is 190 g/mol. The van der Waals surface area contributed by atoms with E-state index >= 15 is 0 Å². The number of imidazole rings is 1. The minimum atomic E-state index is 0.427. The second-order valence-corrected chi connectivity index (χ2v) is 3.76. The lowest BCUT2D eigenvalue weighted by Crippen LogP contribution is -1.98. The van der Waals surface area contributed by atoms with Crippen LogP contribution in [0.2, 0.25) is 0 Å². The SMILES string of the molecule is CONc1ccc2c(c1)ncn2C(C)C. The summed E-state index contributed by atoms with van der Waals surface area (Å²) in [7, 11) is 1.59. The summed E-state index contributed by atoms with van der Waals surface area (Å²) in [5.41, 5.74) is 5.83. The van der Waals surface area contributed by atoms with Crippen molar-refractivity contribution in [2.24, 2.45) is 0 Å². The van der Waals surface area contributed by atoms with Crippen LogP contribution in [0.3, 0.4) is 0 Å². The van der Waals surface area contributed by atoms with Crippen molar-refractivity contribution < 1.29 is 4.84 Å². The van der Waals surface area contributed by atoms with E-state index in [1.807, 2.05) is 24.5 Å². The van der Waals surface area contributed by atoms with Gasteiger partial charge in [0.25, 0.3) is 0 Å². The Kier molecular flexibility index (Phi) is 2.60. The number of nitrogens with one attached hydrogen (secondary N) is 1. The molecule has 15 heavy (non-hydrogen) atoms. The highest BCUT2D eigenvalue weighted by Crippen LogP contribution is 2.20. The Balaban J connectivity index is 2.47. The lowest BCUT2D eigenvalue weighted by atomic mass is 10.2. The topological polar surface area (TPSA) is 39.1 Å². The van der Waals surface area contributed by atoms with E-state index < -0.39 is 0 Å². The van der Waals surface area contributed by atoms with Crippen LogP contribution in [0.1, 0.15) is 19.9 Å². The van der Waals surface area contributed by atoms with E-state index in [0.717, 1.165) is 16.7 Å². The first-order valence-electron chi connectivity index (χ1n) is 4.98. The third kappa shape index (κ3) is 1.80. The van der Waals surface area contributed by atoms with Crippen molar-refractivity contribution in [3.63, 3.8) is 0 Å².